The second kappa shape index (κ2) is 6.91. The first kappa shape index (κ1) is 15.7. The van der Waals surface area contributed by atoms with E-state index in [1.54, 1.807) is 11.8 Å². The number of hydrogen-bond acceptors (Lipinski definition) is 5. The molecule has 0 bridgehead atoms. The zero-order valence-corrected chi connectivity index (χ0v) is 13.4. The number of anilines is 1. The Kier molecular flexibility index (Phi) is 4.51. The van der Waals surface area contributed by atoms with Crippen LogP contribution < -0.4 is 10.1 Å². The highest BCUT2D eigenvalue weighted by molar-refractivity contribution is 5.92. The van der Waals surface area contributed by atoms with Crippen LogP contribution in [0.15, 0.2) is 48.8 Å². The molecule has 0 fully saturated rings. The highest BCUT2D eigenvalue weighted by atomic mass is 16.5. The molecule has 2 aromatic carbocycles. The number of nitrogens with one attached hydrogen (secondary N) is 1. The van der Waals surface area contributed by atoms with Crippen LogP contribution in [0.1, 0.15) is 11.1 Å². The molecular formula is C17H17N5O2. The first-order valence-electron chi connectivity index (χ1n) is 7.42. The van der Waals surface area contributed by atoms with Crippen molar-refractivity contribution in [3.63, 3.8) is 0 Å². The van der Waals surface area contributed by atoms with Gasteiger partial charge in [-0.25, -0.2) is 4.68 Å². The van der Waals surface area contributed by atoms with E-state index in [2.05, 4.69) is 20.8 Å². The van der Waals surface area contributed by atoms with Crippen LogP contribution in [0.3, 0.4) is 0 Å². The quantitative estimate of drug-likeness (QED) is 0.778. The minimum Gasteiger partial charge on any atom is -0.497 e. The van der Waals surface area contributed by atoms with Gasteiger partial charge in [0.05, 0.1) is 19.2 Å². The lowest BCUT2D eigenvalue weighted by Gasteiger charge is -2.09. The molecule has 7 heteroatoms. The van der Waals surface area contributed by atoms with Gasteiger partial charge < -0.3 is 10.1 Å². The van der Waals surface area contributed by atoms with Crippen LogP contribution in [-0.2, 0) is 11.2 Å². The van der Waals surface area contributed by atoms with E-state index < -0.39 is 0 Å². The topological polar surface area (TPSA) is 81.9 Å². The molecule has 0 atom stereocenters. The first-order chi connectivity index (χ1) is 11.7. The molecule has 1 amide bonds. The van der Waals surface area contributed by atoms with Gasteiger partial charge in [0.2, 0.25) is 5.91 Å². The summed E-state index contributed by atoms with van der Waals surface area (Å²) in [6.07, 6.45) is 1.84. The lowest BCUT2D eigenvalue weighted by molar-refractivity contribution is -0.115. The SMILES string of the molecule is COc1ccc(CC(=O)Nc2ccc(-n3cnnn3)c(C)c2)cc1. The van der Waals surface area contributed by atoms with Gasteiger partial charge in [0.15, 0.2) is 0 Å². The van der Waals surface area contributed by atoms with Crippen LogP contribution in [0.25, 0.3) is 5.69 Å². The predicted molar refractivity (Wildman–Crippen MR) is 89.2 cm³/mol. The Morgan fingerprint density at radius 3 is 2.62 bits per heavy atom. The molecule has 0 radical (unpaired) electrons. The third kappa shape index (κ3) is 3.57. The number of benzene rings is 2. The summed E-state index contributed by atoms with van der Waals surface area (Å²) >= 11 is 0. The molecule has 0 aliphatic carbocycles. The van der Waals surface area contributed by atoms with Crippen LogP contribution in [0.4, 0.5) is 5.69 Å². The van der Waals surface area contributed by atoms with Crippen molar-refractivity contribution in [3.05, 3.63) is 59.9 Å². The summed E-state index contributed by atoms with van der Waals surface area (Å²) in [6, 6.07) is 13.0. The van der Waals surface area contributed by atoms with E-state index in [-0.39, 0.29) is 5.91 Å². The van der Waals surface area contributed by atoms with Gasteiger partial charge in [-0.1, -0.05) is 12.1 Å². The largest absolute Gasteiger partial charge is 0.497 e. The second-order valence-electron chi connectivity index (χ2n) is 5.33. The molecule has 1 heterocycles. The zero-order valence-electron chi connectivity index (χ0n) is 13.4. The van der Waals surface area contributed by atoms with Crippen molar-refractivity contribution in [2.75, 3.05) is 12.4 Å². The third-order valence-electron chi connectivity index (χ3n) is 3.60. The molecule has 0 aliphatic heterocycles. The monoisotopic (exact) mass is 323 g/mol. The fraction of sp³-hybridized carbons (Fsp3) is 0.176. The highest BCUT2D eigenvalue weighted by Gasteiger charge is 2.07. The predicted octanol–water partition coefficient (Wildman–Crippen LogP) is 2.16. The van der Waals surface area contributed by atoms with Gasteiger partial charge in [-0.15, -0.1) is 5.10 Å². The van der Waals surface area contributed by atoms with Crippen LogP contribution in [-0.4, -0.2) is 33.2 Å². The number of aromatic nitrogens is 4. The summed E-state index contributed by atoms with van der Waals surface area (Å²) in [5, 5.41) is 14.0. The zero-order chi connectivity index (χ0) is 16.9. The summed E-state index contributed by atoms with van der Waals surface area (Å²) in [5.41, 5.74) is 3.50. The maximum Gasteiger partial charge on any atom is 0.228 e. The van der Waals surface area contributed by atoms with Crippen molar-refractivity contribution in [1.82, 2.24) is 20.2 Å². The molecule has 3 rings (SSSR count). The standard InChI is InChI=1S/C17H17N5O2/c1-12-9-14(5-8-16(12)22-11-18-20-21-22)19-17(23)10-13-3-6-15(24-2)7-4-13/h3-9,11H,10H2,1-2H3,(H,19,23). The Morgan fingerprint density at radius 1 is 1.21 bits per heavy atom. The number of hydrogen-bond donors (Lipinski definition) is 1. The molecule has 0 saturated carbocycles. The van der Waals surface area contributed by atoms with Crippen LogP contribution in [0, 0.1) is 6.92 Å². The maximum atomic E-state index is 12.2. The smallest absolute Gasteiger partial charge is 0.228 e. The van der Waals surface area contributed by atoms with Crippen molar-refractivity contribution in [3.8, 4) is 11.4 Å². The molecule has 1 aromatic heterocycles. The maximum absolute atomic E-state index is 12.2. The van der Waals surface area contributed by atoms with Crippen LogP contribution >= 0.6 is 0 Å². The Bertz CT molecular complexity index is 829. The summed E-state index contributed by atoms with van der Waals surface area (Å²) in [5.74, 6) is 0.697. The van der Waals surface area contributed by atoms with E-state index in [9.17, 15) is 4.79 Å². The highest BCUT2D eigenvalue weighted by Crippen LogP contribution is 2.18. The number of ether oxygens (including phenoxy) is 1. The Morgan fingerprint density at radius 2 is 2.00 bits per heavy atom. The van der Waals surface area contributed by atoms with Gasteiger partial charge in [0.1, 0.15) is 12.1 Å². The van der Waals surface area contributed by atoms with Gasteiger partial charge in [0, 0.05) is 5.69 Å². The Hall–Kier alpha value is -3.22. The molecule has 3 aromatic rings. The van der Waals surface area contributed by atoms with Crippen LogP contribution in [0.5, 0.6) is 5.75 Å². The number of nitrogens with zero attached hydrogens (tertiary/aromatic N) is 4. The number of carbonyl (C=O) groups excluding carboxylic acids is 1. The van der Waals surface area contributed by atoms with Crippen molar-refractivity contribution >= 4 is 11.6 Å². The lowest BCUT2D eigenvalue weighted by Crippen LogP contribution is -2.14. The molecule has 24 heavy (non-hydrogen) atoms. The van der Waals surface area contributed by atoms with E-state index >= 15 is 0 Å². The van der Waals surface area contributed by atoms with Crippen molar-refractivity contribution in [1.29, 1.82) is 0 Å². The number of tetrazole rings is 1. The number of aryl methyl sites for hydroxylation is 1. The van der Waals surface area contributed by atoms with Gasteiger partial charge in [-0.05, 0) is 58.8 Å². The molecule has 0 unspecified atom stereocenters. The average molecular weight is 323 g/mol. The molecule has 1 N–H and O–H groups in total. The third-order valence-corrected chi connectivity index (χ3v) is 3.60. The van der Waals surface area contributed by atoms with Crippen LogP contribution in [0.2, 0.25) is 0 Å². The summed E-state index contributed by atoms with van der Waals surface area (Å²) in [4.78, 5) is 12.2. The van der Waals surface area contributed by atoms with E-state index in [1.807, 2.05) is 49.4 Å². The van der Waals surface area contributed by atoms with Crippen molar-refractivity contribution in [2.45, 2.75) is 13.3 Å². The minimum absolute atomic E-state index is 0.0743. The summed E-state index contributed by atoms with van der Waals surface area (Å²) in [6.45, 7) is 1.94. The van der Waals surface area contributed by atoms with Gasteiger partial charge in [-0.2, -0.15) is 0 Å². The van der Waals surface area contributed by atoms with Crippen molar-refractivity contribution in [2.24, 2.45) is 0 Å². The number of amides is 1. The van der Waals surface area contributed by atoms with E-state index in [0.29, 0.717) is 6.42 Å². The summed E-state index contributed by atoms with van der Waals surface area (Å²) in [7, 11) is 1.61. The second-order valence-corrected chi connectivity index (χ2v) is 5.33. The summed E-state index contributed by atoms with van der Waals surface area (Å²) < 4.78 is 6.69. The number of carbonyl (C=O) groups is 1. The molecule has 0 saturated heterocycles. The molecule has 122 valence electrons. The molecule has 0 aliphatic rings. The average Bonchev–Trinajstić information content (AvgIpc) is 3.10. The van der Waals surface area contributed by atoms with Crippen molar-refractivity contribution < 1.29 is 9.53 Å². The Balaban J connectivity index is 1.66. The van der Waals surface area contributed by atoms with Gasteiger partial charge in [-0.3, -0.25) is 4.79 Å². The molecular weight excluding hydrogens is 306 g/mol. The van der Waals surface area contributed by atoms with E-state index in [4.69, 9.17) is 4.74 Å². The van der Waals surface area contributed by atoms with Gasteiger partial charge in [0.25, 0.3) is 0 Å². The number of rotatable bonds is 5. The first-order valence-corrected chi connectivity index (χ1v) is 7.42. The van der Waals surface area contributed by atoms with E-state index in [0.717, 1.165) is 28.3 Å². The molecule has 0 spiro atoms. The minimum atomic E-state index is -0.0743. The number of methoxy groups -OCH3 is 1. The normalized spacial score (nSPS) is 10.4. The fourth-order valence-corrected chi connectivity index (χ4v) is 2.40. The Labute approximate surface area is 139 Å². The van der Waals surface area contributed by atoms with E-state index in [1.165, 1.54) is 6.33 Å². The fourth-order valence-electron chi connectivity index (χ4n) is 2.40. The molecule has 7 nitrogen and oxygen atoms in total. The lowest BCUT2D eigenvalue weighted by atomic mass is 10.1. The van der Waals surface area contributed by atoms with Gasteiger partial charge >= 0.3 is 0 Å².